The molecule has 10 heteroatoms. The fraction of sp³-hybridized carbons (Fsp3) is 0.350. The molecule has 0 fully saturated rings. The molecule has 1 aromatic heterocycles. The van der Waals surface area contributed by atoms with Crippen LogP contribution in [0.25, 0.3) is 0 Å². The van der Waals surface area contributed by atoms with E-state index in [4.69, 9.17) is 9.47 Å². The summed E-state index contributed by atoms with van der Waals surface area (Å²) in [6, 6.07) is 5.65. The monoisotopic (exact) mass is 416 g/mol. The van der Waals surface area contributed by atoms with Crippen LogP contribution in [0.2, 0.25) is 0 Å². The average molecular weight is 416 g/mol. The predicted molar refractivity (Wildman–Crippen MR) is 112 cm³/mol. The molecule has 2 rings (SSSR count). The molecule has 0 aliphatic heterocycles. The summed E-state index contributed by atoms with van der Waals surface area (Å²) in [5, 5.41) is 15.2. The number of nitrogens with one attached hydrogen (secondary N) is 1. The van der Waals surface area contributed by atoms with Crippen molar-refractivity contribution in [1.29, 1.82) is 0 Å². The number of carbonyl (C=O) groups is 1. The third-order valence-electron chi connectivity index (χ3n) is 3.98. The fourth-order valence-corrected chi connectivity index (χ4v) is 2.64. The summed E-state index contributed by atoms with van der Waals surface area (Å²) in [4.78, 5) is 35.5. The summed E-state index contributed by atoms with van der Waals surface area (Å²) < 4.78 is 12.1. The highest BCUT2D eigenvalue weighted by atomic mass is 16.6. The van der Waals surface area contributed by atoms with E-state index < -0.39 is 16.4 Å². The SMILES string of the molecule is COc1cc(/C=N\NC(=O)c2cccn(C(C)C)c2=O)cc([N+](=O)[O-])c1OC(C)C. The Bertz CT molecular complexity index is 1030. The molecule has 1 heterocycles. The molecule has 0 spiro atoms. The lowest BCUT2D eigenvalue weighted by Gasteiger charge is -2.14. The second-order valence-corrected chi connectivity index (χ2v) is 6.92. The highest BCUT2D eigenvalue weighted by Gasteiger charge is 2.23. The average Bonchev–Trinajstić information content (AvgIpc) is 2.67. The van der Waals surface area contributed by atoms with Gasteiger partial charge in [0, 0.05) is 23.9 Å². The molecule has 1 N–H and O–H groups in total. The first-order chi connectivity index (χ1) is 14.1. The molecule has 2 aromatic rings. The van der Waals surface area contributed by atoms with Gasteiger partial charge in [-0.25, -0.2) is 5.43 Å². The second kappa shape index (κ2) is 9.68. The van der Waals surface area contributed by atoms with E-state index in [9.17, 15) is 19.7 Å². The second-order valence-electron chi connectivity index (χ2n) is 6.92. The van der Waals surface area contributed by atoms with Crippen LogP contribution in [0, 0.1) is 10.1 Å². The number of nitrogens with zero attached hydrogens (tertiary/aromatic N) is 3. The van der Waals surface area contributed by atoms with Crippen molar-refractivity contribution in [3.8, 4) is 11.5 Å². The van der Waals surface area contributed by atoms with Crippen molar-refractivity contribution in [1.82, 2.24) is 9.99 Å². The van der Waals surface area contributed by atoms with E-state index >= 15 is 0 Å². The number of hydrazone groups is 1. The van der Waals surface area contributed by atoms with Crippen LogP contribution in [0.1, 0.15) is 49.7 Å². The minimum atomic E-state index is -0.688. The first-order valence-electron chi connectivity index (χ1n) is 9.23. The predicted octanol–water partition coefficient (Wildman–Crippen LogP) is 2.90. The third-order valence-corrected chi connectivity index (χ3v) is 3.98. The van der Waals surface area contributed by atoms with Crippen molar-refractivity contribution >= 4 is 17.8 Å². The molecule has 160 valence electrons. The first kappa shape index (κ1) is 22.6. The van der Waals surface area contributed by atoms with E-state index in [2.05, 4.69) is 10.5 Å². The van der Waals surface area contributed by atoms with Crippen molar-refractivity contribution in [2.75, 3.05) is 7.11 Å². The van der Waals surface area contributed by atoms with Gasteiger partial charge < -0.3 is 14.0 Å². The maximum atomic E-state index is 12.4. The van der Waals surface area contributed by atoms with Crippen molar-refractivity contribution in [3.05, 3.63) is 62.1 Å². The number of nitro benzene ring substituents is 1. The van der Waals surface area contributed by atoms with Gasteiger partial charge in [0.25, 0.3) is 11.5 Å². The molecular formula is C20H24N4O6. The topological polar surface area (TPSA) is 125 Å². The van der Waals surface area contributed by atoms with Crippen LogP contribution < -0.4 is 20.5 Å². The smallest absolute Gasteiger partial charge is 0.315 e. The molecule has 0 radical (unpaired) electrons. The number of pyridine rings is 1. The number of ether oxygens (including phenoxy) is 2. The van der Waals surface area contributed by atoms with E-state index in [-0.39, 0.29) is 34.9 Å². The Hall–Kier alpha value is -3.69. The summed E-state index contributed by atoms with van der Waals surface area (Å²) in [5.74, 6) is -0.516. The highest BCUT2D eigenvalue weighted by Crippen LogP contribution is 2.38. The molecule has 0 unspecified atom stereocenters. The van der Waals surface area contributed by atoms with Gasteiger partial charge in [-0.2, -0.15) is 5.10 Å². The molecule has 0 aliphatic carbocycles. The molecule has 0 saturated heterocycles. The Labute approximate surface area is 173 Å². The summed E-state index contributed by atoms with van der Waals surface area (Å²) in [5.41, 5.74) is 1.78. The number of aromatic nitrogens is 1. The van der Waals surface area contributed by atoms with E-state index in [1.165, 1.54) is 36.1 Å². The maximum absolute atomic E-state index is 12.4. The van der Waals surface area contributed by atoms with E-state index in [0.29, 0.717) is 5.56 Å². The van der Waals surface area contributed by atoms with Gasteiger partial charge in [0.05, 0.1) is 24.4 Å². The Kier molecular flexibility index (Phi) is 7.29. The minimum Gasteiger partial charge on any atom is -0.493 e. The Morgan fingerprint density at radius 1 is 1.30 bits per heavy atom. The first-order valence-corrected chi connectivity index (χ1v) is 9.23. The normalized spacial score (nSPS) is 11.2. The molecular weight excluding hydrogens is 392 g/mol. The molecule has 10 nitrogen and oxygen atoms in total. The zero-order chi connectivity index (χ0) is 22.4. The number of hydrogen-bond acceptors (Lipinski definition) is 7. The highest BCUT2D eigenvalue weighted by molar-refractivity contribution is 5.94. The van der Waals surface area contributed by atoms with Crippen molar-refractivity contribution in [2.24, 2.45) is 5.10 Å². The quantitative estimate of drug-likeness (QED) is 0.401. The molecule has 1 amide bonds. The maximum Gasteiger partial charge on any atom is 0.315 e. The summed E-state index contributed by atoms with van der Waals surface area (Å²) in [6.07, 6.45) is 2.52. The molecule has 30 heavy (non-hydrogen) atoms. The van der Waals surface area contributed by atoms with Crippen LogP contribution >= 0.6 is 0 Å². The van der Waals surface area contributed by atoms with E-state index in [1.807, 2.05) is 13.8 Å². The van der Waals surface area contributed by atoms with Gasteiger partial charge in [-0.05, 0) is 45.9 Å². The standard InChI is InChI=1S/C20H24N4O6/c1-12(2)23-8-6-7-15(20(23)26)19(25)22-21-11-14-9-16(24(27)28)18(30-13(3)4)17(10-14)29-5/h6-13H,1-5H3,(H,22,25)/b21-11-. The Balaban J connectivity index is 2.29. The van der Waals surface area contributed by atoms with Crippen LogP contribution in [-0.4, -0.2) is 34.8 Å². The van der Waals surface area contributed by atoms with Crippen molar-refractivity contribution in [2.45, 2.75) is 39.8 Å². The third kappa shape index (κ3) is 5.22. The van der Waals surface area contributed by atoms with E-state index in [0.717, 1.165) is 0 Å². The summed E-state index contributed by atoms with van der Waals surface area (Å²) in [7, 11) is 1.37. The lowest BCUT2D eigenvalue weighted by atomic mass is 10.2. The van der Waals surface area contributed by atoms with Crippen LogP contribution in [0.5, 0.6) is 11.5 Å². The number of hydrogen-bond donors (Lipinski definition) is 1. The van der Waals surface area contributed by atoms with Crippen molar-refractivity contribution in [3.63, 3.8) is 0 Å². The van der Waals surface area contributed by atoms with Gasteiger partial charge in [-0.15, -0.1) is 0 Å². The molecule has 0 bridgehead atoms. The molecule has 1 aromatic carbocycles. The number of amides is 1. The number of benzene rings is 1. The largest absolute Gasteiger partial charge is 0.493 e. The molecule has 0 atom stereocenters. The zero-order valence-corrected chi connectivity index (χ0v) is 17.4. The van der Waals surface area contributed by atoms with Gasteiger partial charge in [-0.3, -0.25) is 19.7 Å². The van der Waals surface area contributed by atoms with E-state index in [1.54, 1.807) is 26.1 Å². The Morgan fingerprint density at radius 2 is 2.00 bits per heavy atom. The summed E-state index contributed by atoms with van der Waals surface area (Å²) in [6.45, 7) is 7.14. The molecule has 0 saturated carbocycles. The Morgan fingerprint density at radius 3 is 2.57 bits per heavy atom. The van der Waals surface area contributed by atoms with Crippen LogP contribution in [0.15, 0.2) is 40.4 Å². The van der Waals surface area contributed by atoms with Gasteiger partial charge in [0.2, 0.25) is 5.75 Å². The lowest BCUT2D eigenvalue weighted by molar-refractivity contribution is -0.386. The summed E-state index contributed by atoms with van der Waals surface area (Å²) >= 11 is 0. The number of carbonyl (C=O) groups excluding carboxylic acids is 1. The van der Waals surface area contributed by atoms with Gasteiger partial charge >= 0.3 is 5.69 Å². The number of methoxy groups -OCH3 is 1. The van der Waals surface area contributed by atoms with Gasteiger partial charge in [-0.1, -0.05) is 0 Å². The zero-order valence-electron chi connectivity index (χ0n) is 17.4. The van der Waals surface area contributed by atoms with Gasteiger partial charge in [0.1, 0.15) is 5.56 Å². The number of nitro groups is 1. The van der Waals surface area contributed by atoms with Crippen LogP contribution in [0.3, 0.4) is 0 Å². The lowest BCUT2D eigenvalue weighted by Crippen LogP contribution is -2.31. The van der Waals surface area contributed by atoms with Crippen LogP contribution in [-0.2, 0) is 0 Å². The van der Waals surface area contributed by atoms with Crippen molar-refractivity contribution < 1.29 is 19.2 Å². The minimum absolute atomic E-state index is 0.0113. The van der Waals surface area contributed by atoms with Gasteiger partial charge in [0.15, 0.2) is 5.75 Å². The fourth-order valence-electron chi connectivity index (χ4n) is 2.64. The molecule has 0 aliphatic rings. The van der Waals surface area contributed by atoms with Crippen LogP contribution in [0.4, 0.5) is 5.69 Å². The number of rotatable bonds is 8.